The number of hydrogen-bond acceptors (Lipinski definition) is 3. The number of aliphatic carboxylic acids is 1. The normalized spacial score (nSPS) is 30.0. The van der Waals surface area contributed by atoms with Crippen molar-refractivity contribution in [3.05, 3.63) is 0 Å². The first kappa shape index (κ1) is 16.1. The van der Waals surface area contributed by atoms with E-state index in [9.17, 15) is 14.7 Å². The van der Waals surface area contributed by atoms with Crippen LogP contribution in [0.25, 0.3) is 0 Å². The monoisotopic (exact) mass is 298 g/mol. The van der Waals surface area contributed by atoms with Gasteiger partial charge in [0.15, 0.2) is 0 Å². The molecule has 0 aromatic carbocycles. The van der Waals surface area contributed by atoms with Crippen LogP contribution >= 0.6 is 0 Å². The van der Waals surface area contributed by atoms with Gasteiger partial charge in [-0.1, -0.05) is 20.8 Å². The van der Waals surface area contributed by atoms with Crippen LogP contribution in [0, 0.1) is 11.3 Å². The summed E-state index contributed by atoms with van der Waals surface area (Å²) in [5.74, 6) is -0.486. The second-order valence-electron chi connectivity index (χ2n) is 7.18. The highest BCUT2D eigenvalue weighted by atomic mass is 16.5. The standard InChI is InChI=1S/C15H26N2O4/c1-15(2,3)10-5-6-16(8-10)14(20)17-9-11(21-4)7-12(17)13(18)19/h10-12H,5-9H2,1-4H3,(H,18,19). The number of ether oxygens (including phenoxy) is 1. The molecule has 2 saturated heterocycles. The lowest BCUT2D eigenvalue weighted by molar-refractivity contribution is -0.141. The molecule has 0 radical (unpaired) electrons. The average molecular weight is 298 g/mol. The molecule has 2 heterocycles. The first-order chi connectivity index (χ1) is 9.74. The Balaban J connectivity index is 2.04. The van der Waals surface area contributed by atoms with E-state index in [2.05, 4.69) is 20.8 Å². The molecule has 0 aromatic heterocycles. The van der Waals surface area contributed by atoms with Crippen LogP contribution in [0.1, 0.15) is 33.6 Å². The quantitative estimate of drug-likeness (QED) is 0.841. The summed E-state index contributed by atoms with van der Waals surface area (Å²) < 4.78 is 5.23. The molecule has 3 atom stereocenters. The Morgan fingerprint density at radius 1 is 1.24 bits per heavy atom. The number of urea groups is 1. The van der Waals surface area contributed by atoms with Gasteiger partial charge in [-0.05, 0) is 17.8 Å². The van der Waals surface area contributed by atoms with Crippen LogP contribution < -0.4 is 0 Å². The van der Waals surface area contributed by atoms with Crippen molar-refractivity contribution in [3.63, 3.8) is 0 Å². The van der Waals surface area contributed by atoms with Crippen molar-refractivity contribution < 1.29 is 19.4 Å². The summed E-state index contributed by atoms with van der Waals surface area (Å²) in [7, 11) is 1.56. The zero-order chi connectivity index (χ0) is 15.8. The van der Waals surface area contributed by atoms with Gasteiger partial charge in [0.2, 0.25) is 0 Å². The number of likely N-dealkylation sites (tertiary alicyclic amines) is 2. The number of carboxylic acid groups (broad SMARTS) is 1. The van der Waals surface area contributed by atoms with E-state index in [1.54, 1.807) is 12.0 Å². The van der Waals surface area contributed by atoms with Gasteiger partial charge in [0.05, 0.1) is 6.10 Å². The zero-order valence-electron chi connectivity index (χ0n) is 13.3. The van der Waals surface area contributed by atoms with E-state index < -0.39 is 12.0 Å². The smallest absolute Gasteiger partial charge is 0.326 e. The number of rotatable bonds is 2. The molecule has 0 saturated carbocycles. The fourth-order valence-corrected chi connectivity index (χ4v) is 3.24. The fraction of sp³-hybridized carbons (Fsp3) is 0.867. The summed E-state index contributed by atoms with van der Waals surface area (Å²) in [6.45, 7) is 8.33. The van der Waals surface area contributed by atoms with Crippen molar-refractivity contribution in [2.75, 3.05) is 26.7 Å². The van der Waals surface area contributed by atoms with Crippen molar-refractivity contribution in [1.82, 2.24) is 9.80 Å². The molecular weight excluding hydrogens is 272 g/mol. The maximum atomic E-state index is 12.6. The highest BCUT2D eigenvalue weighted by Gasteiger charge is 2.43. The average Bonchev–Trinajstić information content (AvgIpc) is 3.04. The fourth-order valence-electron chi connectivity index (χ4n) is 3.24. The van der Waals surface area contributed by atoms with Gasteiger partial charge in [-0.2, -0.15) is 0 Å². The van der Waals surface area contributed by atoms with Crippen molar-refractivity contribution in [1.29, 1.82) is 0 Å². The number of hydrogen-bond donors (Lipinski definition) is 1. The van der Waals surface area contributed by atoms with E-state index in [0.29, 0.717) is 32.0 Å². The number of carboxylic acids is 1. The SMILES string of the molecule is COC1CC(C(=O)O)N(C(=O)N2CCC(C(C)(C)C)C2)C1. The number of carbonyl (C=O) groups is 2. The van der Waals surface area contributed by atoms with Crippen molar-refractivity contribution in [2.24, 2.45) is 11.3 Å². The first-order valence-corrected chi connectivity index (χ1v) is 7.55. The Morgan fingerprint density at radius 2 is 1.90 bits per heavy atom. The molecular formula is C15H26N2O4. The zero-order valence-corrected chi connectivity index (χ0v) is 13.3. The molecule has 6 nitrogen and oxygen atoms in total. The highest BCUT2D eigenvalue weighted by molar-refractivity contribution is 5.83. The van der Waals surface area contributed by atoms with Gasteiger partial charge < -0.3 is 19.6 Å². The number of carbonyl (C=O) groups excluding carboxylic acids is 1. The first-order valence-electron chi connectivity index (χ1n) is 7.55. The summed E-state index contributed by atoms with van der Waals surface area (Å²) in [5, 5.41) is 9.30. The van der Waals surface area contributed by atoms with E-state index >= 15 is 0 Å². The molecule has 1 N–H and O–H groups in total. The van der Waals surface area contributed by atoms with Crippen LogP contribution in [0.4, 0.5) is 4.79 Å². The molecule has 0 aromatic rings. The molecule has 2 aliphatic rings. The van der Waals surface area contributed by atoms with Gasteiger partial charge >= 0.3 is 12.0 Å². The highest BCUT2D eigenvalue weighted by Crippen LogP contribution is 2.34. The van der Waals surface area contributed by atoms with Crippen LogP contribution in [0.15, 0.2) is 0 Å². The predicted octanol–water partition coefficient (Wildman–Crippen LogP) is 1.65. The summed E-state index contributed by atoms with van der Waals surface area (Å²) in [6, 6.07) is -0.926. The van der Waals surface area contributed by atoms with Gasteiger partial charge in [0, 0.05) is 33.2 Å². The topological polar surface area (TPSA) is 70.1 Å². The third-order valence-corrected chi connectivity index (χ3v) is 4.81. The van der Waals surface area contributed by atoms with Crippen molar-refractivity contribution in [3.8, 4) is 0 Å². The second kappa shape index (κ2) is 5.83. The number of methoxy groups -OCH3 is 1. The minimum absolute atomic E-state index is 0.159. The molecule has 2 fully saturated rings. The molecule has 2 aliphatic heterocycles. The van der Waals surface area contributed by atoms with Gasteiger partial charge in [-0.3, -0.25) is 0 Å². The van der Waals surface area contributed by atoms with Crippen LogP contribution in [-0.2, 0) is 9.53 Å². The molecule has 2 rings (SSSR count). The lowest BCUT2D eigenvalue weighted by atomic mass is 9.80. The van der Waals surface area contributed by atoms with Crippen LogP contribution in [0.5, 0.6) is 0 Å². The van der Waals surface area contributed by atoms with E-state index in [4.69, 9.17) is 4.74 Å². The van der Waals surface area contributed by atoms with Gasteiger partial charge in [0.1, 0.15) is 6.04 Å². The molecule has 2 amide bonds. The summed E-state index contributed by atoms with van der Waals surface area (Å²) in [4.78, 5) is 27.2. The molecule has 120 valence electrons. The summed E-state index contributed by atoms with van der Waals surface area (Å²) >= 11 is 0. The molecule has 0 aliphatic carbocycles. The maximum absolute atomic E-state index is 12.6. The van der Waals surface area contributed by atoms with Gasteiger partial charge in [-0.15, -0.1) is 0 Å². The van der Waals surface area contributed by atoms with E-state index in [-0.39, 0.29) is 17.6 Å². The summed E-state index contributed by atoms with van der Waals surface area (Å²) in [5.41, 5.74) is 0.168. The van der Waals surface area contributed by atoms with Crippen LogP contribution in [0.2, 0.25) is 0 Å². The number of amides is 2. The van der Waals surface area contributed by atoms with E-state index in [0.717, 1.165) is 6.42 Å². The predicted molar refractivity (Wildman–Crippen MR) is 78.1 cm³/mol. The maximum Gasteiger partial charge on any atom is 0.326 e. The minimum Gasteiger partial charge on any atom is -0.480 e. The Morgan fingerprint density at radius 3 is 2.38 bits per heavy atom. The Kier molecular flexibility index (Phi) is 4.46. The molecule has 21 heavy (non-hydrogen) atoms. The Bertz CT molecular complexity index is 418. The third-order valence-electron chi connectivity index (χ3n) is 4.81. The number of nitrogens with zero attached hydrogens (tertiary/aromatic N) is 2. The van der Waals surface area contributed by atoms with E-state index in [1.807, 2.05) is 0 Å². The van der Waals surface area contributed by atoms with Crippen molar-refractivity contribution >= 4 is 12.0 Å². The van der Waals surface area contributed by atoms with Gasteiger partial charge in [0.25, 0.3) is 0 Å². The molecule has 0 bridgehead atoms. The lowest BCUT2D eigenvalue weighted by Gasteiger charge is -2.30. The second-order valence-corrected chi connectivity index (χ2v) is 7.18. The largest absolute Gasteiger partial charge is 0.480 e. The van der Waals surface area contributed by atoms with Crippen LogP contribution in [-0.4, -0.2) is 65.8 Å². The minimum atomic E-state index is -0.950. The third kappa shape index (κ3) is 3.31. The van der Waals surface area contributed by atoms with Crippen molar-refractivity contribution in [2.45, 2.75) is 45.8 Å². The van der Waals surface area contributed by atoms with Gasteiger partial charge in [-0.25, -0.2) is 9.59 Å². The van der Waals surface area contributed by atoms with Crippen LogP contribution in [0.3, 0.4) is 0 Å². The Labute approximate surface area is 126 Å². The van der Waals surface area contributed by atoms with E-state index in [1.165, 1.54) is 4.90 Å². The Hall–Kier alpha value is -1.30. The lowest BCUT2D eigenvalue weighted by Crippen LogP contribution is -2.47. The molecule has 3 unspecified atom stereocenters. The molecule has 6 heteroatoms. The summed E-state index contributed by atoms with van der Waals surface area (Å²) in [6.07, 6.45) is 1.17. The molecule has 0 spiro atoms.